The van der Waals surface area contributed by atoms with Crippen molar-refractivity contribution in [2.75, 3.05) is 0 Å². The number of benzene rings is 2. The highest BCUT2D eigenvalue weighted by Gasteiger charge is 2.33. The van der Waals surface area contributed by atoms with E-state index in [2.05, 4.69) is 20.9 Å². The van der Waals surface area contributed by atoms with Crippen molar-refractivity contribution in [3.63, 3.8) is 0 Å². The number of fused-ring (bicyclic) bond motifs is 1. The van der Waals surface area contributed by atoms with Crippen molar-refractivity contribution in [3.8, 4) is 0 Å². The molecule has 0 saturated heterocycles. The average molecular weight is 550 g/mol. The molecule has 1 aromatic heterocycles. The number of hydrogen-bond acceptors (Lipinski definition) is 5. The molecule has 40 heavy (non-hydrogen) atoms. The van der Waals surface area contributed by atoms with Crippen molar-refractivity contribution in [3.05, 3.63) is 71.9 Å². The van der Waals surface area contributed by atoms with Gasteiger partial charge in [0.15, 0.2) is 0 Å². The Morgan fingerprint density at radius 1 is 0.775 bits per heavy atom. The van der Waals surface area contributed by atoms with Crippen molar-refractivity contribution in [2.45, 2.75) is 64.7 Å². The second kappa shape index (κ2) is 13.7. The standard InChI is InChI=1S/C30H39N5O5/c1-17(2)25(28(37)33-24(30(39)40)15-20-16-32-23-13-9-8-12-21(20)23)35-29(38)26(18(3)4)34-27(36)22(31)14-19-10-6-5-7-11-19/h5-13,16-18,22,24-26,32H,14-15,31H2,1-4H3,(H,33,37)(H,34,36)(H,35,38)(H,39,40). The number of rotatable bonds is 13. The maximum absolute atomic E-state index is 13.3. The fraction of sp³-hybridized carbons (Fsp3) is 0.400. The van der Waals surface area contributed by atoms with Crippen LogP contribution >= 0.6 is 0 Å². The van der Waals surface area contributed by atoms with Crippen LogP contribution in [0.25, 0.3) is 10.9 Å². The molecule has 3 aromatic rings. The lowest BCUT2D eigenvalue weighted by molar-refractivity contribution is -0.142. The van der Waals surface area contributed by atoms with Crippen molar-refractivity contribution >= 4 is 34.6 Å². The third-order valence-electron chi connectivity index (χ3n) is 6.84. The maximum Gasteiger partial charge on any atom is 0.326 e. The smallest absolute Gasteiger partial charge is 0.326 e. The summed E-state index contributed by atoms with van der Waals surface area (Å²) in [6.45, 7) is 7.05. The molecule has 0 spiro atoms. The number of aromatic nitrogens is 1. The number of nitrogens with one attached hydrogen (secondary N) is 4. The quantitative estimate of drug-likeness (QED) is 0.191. The molecule has 0 radical (unpaired) electrons. The number of H-pyrrole nitrogens is 1. The molecule has 10 heteroatoms. The van der Waals surface area contributed by atoms with Crippen LogP contribution in [0.2, 0.25) is 0 Å². The van der Waals surface area contributed by atoms with Crippen molar-refractivity contribution in [2.24, 2.45) is 17.6 Å². The Bertz CT molecular complexity index is 1320. The molecular weight excluding hydrogens is 510 g/mol. The van der Waals surface area contributed by atoms with Gasteiger partial charge in [0, 0.05) is 23.5 Å². The minimum absolute atomic E-state index is 0.0633. The second-order valence-corrected chi connectivity index (χ2v) is 10.7. The minimum atomic E-state index is -1.21. The summed E-state index contributed by atoms with van der Waals surface area (Å²) in [5.41, 5.74) is 8.62. The lowest BCUT2D eigenvalue weighted by Crippen LogP contribution is -2.59. The first-order valence-electron chi connectivity index (χ1n) is 13.5. The molecule has 0 fully saturated rings. The van der Waals surface area contributed by atoms with E-state index in [0.717, 1.165) is 22.0 Å². The lowest BCUT2D eigenvalue weighted by Gasteiger charge is -2.28. The first-order valence-corrected chi connectivity index (χ1v) is 13.5. The average Bonchev–Trinajstić information content (AvgIpc) is 3.32. The van der Waals surface area contributed by atoms with E-state index in [0.29, 0.717) is 6.42 Å². The van der Waals surface area contributed by atoms with Crippen LogP contribution in [-0.4, -0.2) is 57.9 Å². The van der Waals surface area contributed by atoms with Gasteiger partial charge < -0.3 is 31.8 Å². The third kappa shape index (κ3) is 7.92. The molecular formula is C30H39N5O5. The van der Waals surface area contributed by atoms with Crippen LogP contribution in [0.15, 0.2) is 60.8 Å². The molecule has 2 aromatic carbocycles. The third-order valence-corrected chi connectivity index (χ3v) is 6.84. The first-order chi connectivity index (χ1) is 19.0. The zero-order valence-electron chi connectivity index (χ0n) is 23.3. The molecule has 7 N–H and O–H groups in total. The molecule has 0 aliphatic rings. The van der Waals surface area contributed by atoms with Crippen LogP contribution in [0.1, 0.15) is 38.8 Å². The molecule has 0 aliphatic carbocycles. The zero-order chi connectivity index (χ0) is 29.4. The number of carboxylic acids is 1. The highest BCUT2D eigenvalue weighted by Crippen LogP contribution is 2.19. The number of nitrogens with two attached hydrogens (primary N) is 1. The summed E-state index contributed by atoms with van der Waals surface area (Å²) >= 11 is 0. The van der Waals surface area contributed by atoms with Gasteiger partial charge in [-0.3, -0.25) is 14.4 Å². The predicted molar refractivity (Wildman–Crippen MR) is 153 cm³/mol. The number of carbonyl (C=O) groups excluding carboxylic acids is 3. The van der Waals surface area contributed by atoms with E-state index in [1.165, 1.54) is 0 Å². The number of aromatic amines is 1. The van der Waals surface area contributed by atoms with Crippen molar-refractivity contribution in [1.29, 1.82) is 0 Å². The van der Waals surface area contributed by atoms with E-state index in [4.69, 9.17) is 5.73 Å². The van der Waals surface area contributed by atoms with Gasteiger partial charge in [0.25, 0.3) is 0 Å². The Hall–Kier alpha value is -4.18. The van der Waals surface area contributed by atoms with Crippen LogP contribution < -0.4 is 21.7 Å². The van der Waals surface area contributed by atoms with Crippen LogP contribution in [0.3, 0.4) is 0 Å². The number of aliphatic carboxylic acids is 1. The molecule has 1 heterocycles. The van der Waals surface area contributed by atoms with E-state index in [1.54, 1.807) is 33.9 Å². The van der Waals surface area contributed by atoms with Crippen LogP contribution in [0.5, 0.6) is 0 Å². The number of amides is 3. The van der Waals surface area contributed by atoms with Crippen LogP contribution in [-0.2, 0) is 32.0 Å². The van der Waals surface area contributed by atoms with Gasteiger partial charge in [-0.1, -0.05) is 76.2 Å². The summed E-state index contributed by atoms with van der Waals surface area (Å²) in [7, 11) is 0. The molecule has 3 rings (SSSR count). The maximum atomic E-state index is 13.3. The predicted octanol–water partition coefficient (Wildman–Crippen LogP) is 2.13. The van der Waals surface area contributed by atoms with Crippen molar-refractivity contribution in [1.82, 2.24) is 20.9 Å². The Kier molecular flexibility index (Phi) is 10.4. The van der Waals surface area contributed by atoms with E-state index >= 15 is 0 Å². The minimum Gasteiger partial charge on any atom is -0.480 e. The van der Waals surface area contributed by atoms with E-state index in [-0.39, 0.29) is 18.3 Å². The Labute approximate surface area is 234 Å². The van der Waals surface area contributed by atoms with Gasteiger partial charge in [0.1, 0.15) is 18.1 Å². The Morgan fingerprint density at radius 2 is 1.32 bits per heavy atom. The highest BCUT2D eigenvalue weighted by atomic mass is 16.4. The monoisotopic (exact) mass is 549 g/mol. The summed E-state index contributed by atoms with van der Waals surface area (Å²) in [4.78, 5) is 54.5. The lowest BCUT2D eigenvalue weighted by atomic mass is 9.98. The molecule has 0 aliphatic heterocycles. The van der Waals surface area contributed by atoms with E-state index in [1.807, 2.05) is 54.6 Å². The van der Waals surface area contributed by atoms with E-state index in [9.17, 15) is 24.3 Å². The molecule has 214 valence electrons. The summed E-state index contributed by atoms with van der Waals surface area (Å²) in [6.07, 6.45) is 2.10. The zero-order valence-corrected chi connectivity index (χ0v) is 23.3. The SMILES string of the molecule is CC(C)C(NC(=O)C(N)Cc1ccccc1)C(=O)NC(C(=O)NC(Cc1c[nH]c2ccccc12)C(=O)O)C(C)C. The summed E-state index contributed by atoms with van der Waals surface area (Å²) in [5, 5.41) is 18.7. The number of carboxylic acid groups (broad SMARTS) is 1. The van der Waals surface area contributed by atoms with Gasteiger partial charge in [0.2, 0.25) is 17.7 Å². The Balaban J connectivity index is 1.67. The molecule has 0 bridgehead atoms. The number of hydrogen-bond donors (Lipinski definition) is 6. The van der Waals surface area contributed by atoms with Crippen LogP contribution in [0, 0.1) is 11.8 Å². The highest BCUT2D eigenvalue weighted by molar-refractivity contribution is 5.94. The fourth-order valence-corrected chi connectivity index (χ4v) is 4.52. The summed E-state index contributed by atoms with van der Waals surface area (Å²) in [6, 6.07) is 12.8. The van der Waals surface area contributed by atoms with Crippen LogP contribution in [0.4, 0.5) is 0 Å². The number of carbonyl (C=O) groups is 4. The van der Waals surface area contributed by atoms with Gasteiger partial charge in [-0.25, -0.2) is 4.79 Å². The molecule has 4 atom stereocenters. The Morgan fingerprint density at radius 3 is 1.93 bits per heavy atom. The van der Waals surface area contributed by atoms with Gasteiger partial charge in [-0.2, -0.15) is 0 Å². The molecule has 3 amide bonds. The number of para-hydroxylation sites is 1. The molecule has 4 unspecified atom stereocenters. The summed E-state index contributed by atoms with van der Waals surface area (Å²) in [5.74, 6) is -3.48. The fourth-order valence-electron chi connectivity index (χ4n) is 4.52. The van der Waals surface area contributed by atoms with Gasteiger partial charge >= 0.3 is 5.97 Å². The summed E-state index contributed by atoms with van der Waals surface area (Å²) < 4.78 is 0. The topological polar surface area (TPSA) is 166 Å². The largest absolute Gasteiger partial charge is 0.480 e. The second-order valence-electron chi connectivity index (χ2n) is 10.7. The first kappa shape index (κ1) is 30.4. The van der Waals surface area contributed by atoms with Gasteiger partial charge in [0.05, 0.1) is 6.04 Å². The normalized spacial score (nSPS) is 14.4. The van der Waals surface area contributed by atoms with Gasteiger partial charge in [-0.05, 0) is 35.4 Å². The van der Waals surface area contributed by atoms with E-state index < -0.39 is 47.9 Å². The molecule has 10 nitrogen and oxygen atoms in total. The van der Waals surface area contributed by atoms with Crippen molar-refractivity contribution < 1.29 is 24.3 Å². The van der Waals surface area contributed by atoms with Gasteiger partial charge in [-0.15, -0.1) is 0 Å². The molecule has 0 saturated carbocycles.